The Bertz CT molecular complexity index is 1100. The summed E-state index contributed by atoms with van der Waals surface area (Å²) in [5.41, 5.74) is 15.7. The molecule has 2 fully saturated rings. The molecule has 0 aromatic heterocycles. The molecule has 0 bridgehead atoms. The number of rotatable bonds is 4. The minimum Gasteiger partial charge on any atom is -0.393 e. The highest BCUT2D eigenvalue weighted by Crippen LogP contribution is 2.43. The first-order valence-corrected chi connectivity index (χ1v) is 10.8. The van der Waals surface area contributed by atoms with Gasteiger partial charge in [0.15, 0.2) is 0 Å². The molecule has 13 heteroatoms. The van der Waals surface area contributed by atoms with Crippen molar-refractivity contribution in [1.29, 1.82) is 0 Å². The van der Waals surface area contributed by atoms with Crippen molar-refractivity contribution in [2.45, 2.75) is 41.7 Å². The topological polar surface area (TPSA) is 155 Å². The fourth-order valence-electron chi connectivity index (χ4n) is 4.06. The molecular weight excluding hydrogens is 437 g/mol. The van der Waals surface area contributed by atoms with Crippen LogP contribution in [0.3, 0.4) is 0 Å². The van der Waals surface area contributed by atoms with Crippen molar-refractivity contribution in [2.75, 3.05) is 0 Å². The maximum atomic E-state index is 13.6. The van der Waals surface area contributed by atoms with Crippen LogP contribution in [0.4, 0.5) is 13.2 Å². The second-order valence-electron chi connectivity index (χ2n) is 7.71. The summed E-state index contributed by atoms with van der Waals surface area (Å²) < 4.78 is 65.4. The Labute approximate surface area is 176 Å². The molecule has 1 saturated carbocycles. The van der Waals surface area contributed by atoms with Crippen molar-refractivity contribution >= 4 is 10.0 Å². The van der Waals surface area contributed by atoms with Crippen LogP contribution in [-0.4, -0.2) is 19.6 Å². The molecule has 0 amide bonds. The number of hydrogen-bond donors (Lipinski definition) is 7. The van der Waals surface area contributed by atoms with Crippen molar-refractivity contribution in [1.82, 2.24) is 21.9 Å². The van der Waals surface area contributed by atoms with Crippen LogP contribution in [0.1, 0.15) is 35.7 Å². The molecule has 2 aromatic carbocycles. The van der Waals surface area contributed by atoms with Gasteiger partial charge in [-0.3, -0.25) is 0 Å². The van der Waals surface area contributed by atoms with Gasteiger partial charge in [-0.05, 0) is 35.6 Å². The fourth-order valence-corrected chi connectivity index (χ4v) is 5.09. The lowest BCUT2D eigenvalue weighted by molar-refractivity contribution is -0.140. The van der Waals surface area contributed by atoms with Gasteiger partial charge in [-0.15, -0.1) is 0 Å². The summed E-state index contributed by atoms with van der Waals surface area (Å²) in [5, 5.41) is 14.8. The average Bonchev–Trinajstić information content (AvgIpc) is 3.19. The molecule has 9 N–H and O–H groups in total. The average molecular weight is 458 g/mol. The van der Waals surface area contributed by atoms with E-state index in [1.165, 1.54) is 6.07 Å². The number of aliphatic hydroxyl groups excluding tert-OH is 1. The van der Waals surface area contributed by atoms with Crippen LogP contribution in [0.5, 0.6) is 0 Å². The summed E-state index contributed by atoms with van der Waals surface area (Å²) in [6.45, 7) is 0. The second kappa shape index (κ2) is 7.50. The van der Waals surface area contributed by atoms with Gasteiger partial charge in [0, 0.05) is 11.1 Å². The predicted molar refractivity (Wildman–Crippen MR) is 105 cm³/mol. The number of nitrogens with two attached hydrogens (primary N) is 2. The summed E-state index contributed by atoms with van der Waals surface area (Å²) in [6, 6.07) is 8.62. The highest BCUT2D eigenvalue weighted by atomic mass is 32.2. The van der Waals surface area contributed by atoms with Crippen LogP contribution in [-0.2, 0) is 21.7 Å². The van der Waals surface area contributed by atoms with E-state index in [1.807, 2.05) is 0 Å². The molecule has 1 heterocycles. The lowest BCUT2D eigenvalue weighted by atomic mass is 9.70. The number of primary sulfonamides is 1. The number of hydrazine groups is 3. The number of benzene rings is 2. The molecule has 4 rings (SSSR count). The second-order valence-corrected chi connectivity index (χ2v) is 9.21. The van der Waals surface area contributed by atoms with Gasteiger partial charge in [-0.25, -0.2) is 24.4 Å². The minimum atomic E-state index is -4.94. The summed E-state index contributed by atoms with van der Waals surface area (Å²) in [6.07, 6.45) is -5.63. The highest BCUT2D eigenvalue weighted by Gasteiger charge is 2.42. The van der Waals surface area contributed by atoms with E-state index in [9.17, 15) is 26.7 Å². The summed E-state index contributed by atoms with van der Waals surface area (Å²) in [7, 11) is -4.75. The summed E-state index contributed by atoms with van der Waals surface area (Å²) in [5.74, 6) is 0. The third kappa shape index (κ3) is 4.06. The fraction of sp³-hybridized carbons (Fsp3) is 0.333. The van der Waals surface area contributed by atoms with Crippen LogP contribution >= 0.6 is 0 Å². The minimum absolute atomic E-state index is 0.191. The van der Waals surface area contributed by atoms with Gasteiger partial charge < -0.3 is 10.8 Å². The van der Waals surface area contributed by atoms with E-state index in [0.717, 1.165) is 5.56 Å². The smallest absolute Gasteiger partial charge is 0.393 e. The standard InChI is InChI=1S/C18H21F3N6O3S/c19-18(20,21)13-6-5-12(14(15(13)31(23,29)30)16-24-26-27-25-16)9-1-3-10(4-2-9)17(22)7-11(28)8-17/h1-6,11,16,24-28H,7-8,22H2,(H2,23,29,30). The number of hydrogen-bond acceptors (Lipinski definition) is 8. The largest absolute Gasteiger partial charge is 0.417 e. The van der Waals surface area contributed by atoms with E-state index in [-0.39, 0.29) is 11.1 Å². The van der Waals surface area contributed by atoms with Crippen LogP contribution < -0.4 is 32.8 Å². The molecule has 0 radical (unpaired) electrons. The third-order valence-corrected chi connectivity index (χ3v) is 6.55. The maximum Gasteiger partial charge on any atom is 0.417 e. The highest BCUT2D eigenvalue weighted by molar-refractivity contribution is 7.89. The Morgan fingerprint density at radius 2 is 1.61 bits per heavy atom. The maximum absolute atomic E-state index is 13.6. The quantitative estimate of drug-likeness (QED) is 0.348. The Hall–Kier alpha value is -2.10. The normalized spacial score (nSPS) is 24.9. The Balaban J connectivity index is 1.88. The van der Waals surface area contributed by atoms with E-state index in [4.69, 9.17) is 10.9 Å². The molecule has 1 saturated heterocycles. The van der Waals surface area contributed by atoms with Crippen molar-refractivity contribution in [3.8, 4) is 11.1 Å². The van der Waals surface area contributed by atoms with Gasteiger partial charge in [0.05, 0.1) is 11.7 Å². The zero-order valence-corrected chi connectivity index (χ0v) is 16.8. The van der Waals surface area contributed by atoms with E-state index >= 15 is 0 Å². The van der Waals surface area contributed by atoms with E-state index in [1.54, 1.807) is 24.3 Å². The molecule has 0 atom stereocenters. The van der Waals surface area contributed by atoms with Gasteiger partial charge in [-0.1, -0.05) is 30.3 Å². The van der Waals surface area contributed by atoms with Crippen molar-refractivity contribution in [3.63, 3.8) is 0 Å². The first kappa shape index (κ1) is 22.1. The van der Waals surface area contributed by atoms with Crippen LogP contribution in [0.2, 0.25) is 0 Å². The monoisotopic (exact) mass is 458 g/mol. The first-order chi connectivity index (χ1) is 14.4. The molecule has 168 valence electrons. The van der Waals surface area contributed by atoms with Gasteiger partial charge >= 0.3 is 6.18 Å². The lowest BCUT2D eigenvalue weighted by Gasteiger charge is -2.42. The Morgan fingerprint density at radius 3 is 2.10 bits per heavy atom. The van der Waals surface area contributed by atoms with E-state index in [2.05, 4.69) is 21.9 Å². The van der Waals surface area contributed by atoms with E-state index < -0.39 is 44.5 Å². The molecule has 1 aliphatic carbocycles. The number of aliphatic hydroxyl groups is 1. The first-order valence-electron chi connectivity index (χ1n) is 9.26. The van der Waals surface area contributed by atoms with Crippen molar-refractivity contribution in [3.05, 3.63) is 53.1 Å². The number of nitrogens with one attached hydrogen (secondary N) is 4. The number of alkyl halides is 3. The number of sulfonamides is 1. The molecule has 9 nitrogen and oxygen atoms in total. The molecule has 0 spiro atoms. The Kier molecular flexibility index (Phi) is 5.34. The van der Waals surface area contributed by atoms with Crippen molar-refractivity contribution < 1.29 is 26.7 Å². The zero-order valence-electron chi connectivity index (χ0n) is 16.0. The molecule has 2 aromatic rings. The van der Waals surface area contributed by atoms with Crippen molar-refractivity contribution in [2.24, 2.45) is 10.9 Å². The third-order valence-electron chi connectivity index (χ3n) is 5.54. The zero-order chi connectivity index (χ0) is 22.6. The van der Waals surface area contributed by atoms with Gasteiger partial charge in [-0.2, -0.15) is 24.2 Å². The Morgan fingerprint density at radius 1 is 1.03 bits per heavy atom. The van der Waals surface area contributed by atoms with Gasteiger partial charge in [0.2, 0.25) is 10.0 Å². The molecule has 2 aliphatic rings. The molecule has 0 unspecified atom stereocenters. The SMILES string of the molecule is NC1(c2ccc(-c3ccc(C(F)(F)F)c(S(N)(=O)=O)c3C3NNNN3)cc2)CC(O)C1. The lowest BCUT2D eigenvalue weighted by Crippen LogP contribution is -2.51. The summed E-state index contributed by atoms with van der Waals surface area (Å²) in [4.78, 5) is -1.02. The predicted octanol–water partition coefficient (Wildman–Crippen LogP) is 0.444. The molecule has 1 aliphatic heterocycles. The van der Waals surface area contributed by atoms with Crippen LogP contribution in [0, 0.1) is 0 Å². The van der Waals surface area contributed by atoms with Gasteiger partial charge in [0.25, 0.3) is 0 Å². The van der Waals surface area contributed by atoms with E-state index in [0.29, 0.717) is 24.5 Å². The van der Waals surface area contributed by atoms with Crippen LogP contribution in [0.25, 0.3) is 11.1 Å². The number of halogens is 3. The van der Waals surface area contributed by atoms with Crippen LogP contribution in [0.15, 0.2) is 41.3 Å². The molecule has 31 heavy (non-hydrogen) atoms. The summed E-state index contributed by atoms with van der Waals surface area (Å²) >= 11 is 0. The molecular formula is C18H21F3N6O3S. The van der Waals surface area contributed by atoms with Gasteiger partial charge in [0.1, 0.15) is 11.1 Å².